The van der Waals surface area contributed by atoms with Crippen molar-refractivity contribution >= 4 is 56.9 Å². The summed E-state index contributed by atoms with van der Waals surface area (Å²) >= 11 is 7.75. The Kier molecular flexibility index (Phi) is 4.08. The van der Waals surface area contributed by atoms with Gasteiger partial charge in [0.15, 0.2) is 0 Å². The summed E-state index contributed by atoms with van der Waals surface area (Å²) in [6, 6.07) is 11.4. The fourth-order valence-electron chi connectivity index (χ4n) is 3.27. The maximum atomic E-state index is 13.1. The molecule has 2 heterocycles. The minimum atomic E-state index is 0.0417. The molecule has 0 fully saturated rings. The van der Waals surface area contributed by atoms with Crippen LogP contribution in [0.4, 0.5) is 5.69 Å². The third-order valence-electron chi connectivity index (χ3n) is 4.29. The van der Waals surface area contributed by atoms with E-state index in [1.807, 2.05) is 47.6 Å². The standard InChI is InChI=1S/C18H16ClN3OS/c1-24-20-8-3-9-22-15-5-2-4-14-17(15)16(18(22)23)12-10-11(19)6-7-13(12)21-14/h2,4-7,10,20H,3,8-9H2,1H3. The van der Waals surface area contributed by atoms with Gasteiger partial charge in [-0.05, 0) is 43.0 Å². The lowest BCUT2D eigenvalue weighted by atomic mass is 10.0. The molecule has 2 aromatic carbocycles. The summed E-state index contributed by atoms with van der Waals surface area (Å²) in [4.78, 5) is 19.7. The molecule has 1 aliphatic heterocycles. The SMILES string of the molecule is CSNCCCN1C(=O)c2c3cc(Cl)ccc3nc3cccc1c23. The number of amides is 1. The molecule has 122 valence electrons. The number of carbonyl (C=O) groups is 1. The molecule has 0 unspecified atom stereocenters. The highest BCUT2D eigenvalue weighted by atomic mass is 35.5. The van der Waals surface area contributed by atoms with Crippen molar-refractivity contribution in [3.8, 4) is 0 Å². The number of nitrogens with zero attached hydrogens (tertiary/aromatic N) is 2. The second-order valence-corrected chi connectivity index (χ2v) is 6.86. The number of carbonyl (C=O) groups excluding carboxylic acids is 1. The van der Waals surface area contributed by atoms with Crippen LogP contribution in [0.15, 0.2) is 36.4 Å². The third-order valence-corrected chi connectivity index (χ3v) is 5.02. The zero-order valence-corrected chi connectivity index (χ0v) is 14.7. The first-order chi connectivity index (χ1) is 11.7. The summed E-state index contributed by atoms with van der Waals surface area (Å²) in [6.07, 6.45) is 2.89. The van der Waals surface area contributed by atoms with E-state index in [0.29, 0.717) is 11.6 Å². The molecule has 1 amide bonds. The van der Waals surface area contributed by atoms with Gasteiger partial charge < -0.3 is 4.90 Å². The van der Waals surface area contributed by atoms with Crippen molar-refractivity contribution in [2.75, 3.05) is 24.2 Å². The maximum Gasteiger partial charge on any atom is 0.259 e. The van der Waals surface area contributed by atoms with Gasteiger partial charge in [0, 0.05) is 28.9 Å². The van der Waals surface area contributed by atoms with Crippen LogP contribution in [-0.4, -0.2) is 30.2 Å². The van der Waals surface area contributed by atoms with Crippen LogP contribution in [0.5, 0.6) is 0 Å². The topological polar surface area (TPSA) is 45.2 Å². The fourth-order valence-corrected chi connectivity index (χ4v) is 3.79. The normalized spacial score (nSPS) is 13.4. The van der Waals surface area contributed by atoms with Crippen molar-refractivity contribution in [1.82, 2.24) is 9.71 Å². The molecule has 1 aliphatic rings. The maximum absolute atomic E-state index is 13.1. The molecule has 24 heavy (non-hydrogen) atoms. The molecule has 3 aromatic rings. The molecule has 0 saturated heterocycles. The Morgan fingerprint density at radius 1 is 1.25 bits per heavy atom. The van der Waals surface area contributed by atoms with E-state index in [-0.39, 0.29) is 5.91 Å². The van der Waals surface area contributed by atoms with Gasteiger partial charge in [-0.1, -0.05) is 29.6 Å². The summed E-state index contributed by atoms with van der Waals surface area (Å²) < 4.78 is 3.22. The van der Waals surface area contributed by atoms with Crippen LogP contribution >= 0.6 is 23.5 Å². The Morgan fingerprint density at radius 3 is 2.96 bits per heavy atom. The lowest BCUT2D eigenvalue weighted by molar-refractivity contribution is 0.0994. The second kappa shape index (κ2) is 6.24. The Hall–Kier alpha value is -1.82. The van der Waals surface area contributed by atoms with E-state index in [0.717, 1.165) is 46.0 Å². The first-order valence-corrected chi connectivity index (χ1v) is 9.40. The molecule has 0 bridgehead atoms. The molecule has 0 atom stereocenters. The Balaban J connectivity index is 1.85. The van der Waals surface area contributed by atoms with E-state index in [1.54, 1.807) is 11.9 Å². The van der Waals surface area contributed by atoms with Crippen molar-refractivity contribution in [2.24, 2.45) is 0 Å². The van der Waals surface area contributed by atoms with Crippen molar-refractivity contribution < 1.29 is 4.79 Å². The van der Waals surface area contributed by atoms with E-state index in [4.69, 9.17) is 16.6 Å². The smallest absolute Gasteiger partial charge is 0.259 e. The number of hydrogen-bond acceptors (Lipinski definition) is 4. The minimum Gasteiger partial charge on any atom is -0.308 e. The molecule has 1 N–H and O–H groups in total. The average Bonchev–Trinajstić information content (AvgIpc) is 2.87. The molecule has 1 aromatic heterocycles. The number of aromatic nitrogens is 1. The van der Waals surface area contributed by atoms with Crippen molar-refractivity contribution in [3.05, 3.63) is 47.0 Å². The second-order valence-electron chi connectivity index (χ2n) is 5.73. The van der Waals surface area contributed by atoms with Crippen molar-refractivity contribution in [1.29, 1.82) is 0 Å². The van der Waals surface area contributed by atoms with Gasteiger partial charge in [-0.15, -0.1) is 0 Å². The number of nitrogens with one attached hydrogen (secondary N) is 1. The van der Waals surface area contributed by atoms with Gasteiger partial charge in [-0.25, -0.2) is 4.98 Å². The molecule has 4 nitrogen and oxygen atoms in total. The molecule has 0 spiro atoms. The Morgan fingerprint density at radius 2 is 2.12 bits per heavy atom. The van der Waals surface area contributed by atoms with Crippen LogP contribution < -0.4 is 9.62 Å². The number of hydrogen-bond donors (Lipinski definition) is 1. The first-order valence-electron chi connectivity index (χ1n) is 7.80. The molecule has 0 aliphatic carbocycles. The number of anilines is 1. The van der Waals surface area contributed by atoms with Gasteiger partial charge in [0.05, 0.1) is 22.3 Å². The van der Waals surface area contributed by atoms with E-state index in [2.05, 4.69) is 4.72 Å². The zero-order valence-electron chi connectivity index (χ0n) is 13.2. The van der Waals surface area contributed by atoms with Gasteiger partial charge in [-0.2, -0.15) is 0 Å². The summed E-state index contributed by atoms with van der Waals surface area (Å²) in [6.45, 7) is 1.55. The summed E-state index contributed by atoms with van der Waals surface area (Å²) in [5.74, 6) is 0.0417. The highest BCUT2D eigenvalue weighted by Gasteiger charge is 2.31. The Bertz CT molecular complexity index is 960. The summed E-state index contributed by atoms with van der Waals surface area (Å²) in [5.41, 5.74) is 3.34. The highest BCUT2D eigenvalue weighted by Crippen LogP contribution is 2.40. The predicted octanol–water partition coefficient (Wildman–Crippen LogP) is 4.26. The monoisotopic (exact) mass is 357 g/mol. The lowest BCUT2D eigenvalue weighted by Crippen LogP contribution is -2.29. The zero-order chi connectivity index (χ0) is 16.7. The molecular weight excluding hydrogens is 342 g/mol. The Labute approximate surface area is 149 Å². The molecular formula is C18H16ClN3OS. The van der Waals surface area contributed by atoms with Crippen LogP contribution in [0, 0.1) is 0 Å². The van der Waals surface area contributed by atoms with Gasteiger partial charge in [0.25, 0.3) is 5.91 Å². The van der Waals surface area contributed by atoms with Gasteiger partial charge in [-0.3, -0.25) is 9.52 Å². The van der Waals surface area contributed by atoms with Crippen molar-refractivity contribution in [2.45, 2.75) is 6.42 Å². The number of rotatable bonds is 5. The summed E-state index contributed by atoms with van der Waals surface area (Å²) in [5, 5.41) is 2.39. The van der Waals surface area contributed by atoms with Gasteiger partial charge in [0.1, 0.15) is 0 Å². The van der Waals surface area contributed by atoms with Crippen LogP contribution in [0.3, 0.4) is 0 Å². The number of fused-ring (bicyclic) bond motifs is 2. The predicted molar refractivity (Wildman–Crippen MR) is 102 cm³/mol. The fraction of sp³-hybridized carbons (Fsp3) is 0.222. The largest absolute Gasteiger partial charge is 0.308 e. The molecule has 4 rings (SSSR count). The van der Waals surface area contributed by atoms with Crippen LogP contribution in [-0.2, 0) is 0 Å². The van der Waals surface area contributed by atoms with Crippen LogP contribution in [0.1, 0.15) is 16.8 Å². The molecule has 6 heteroatoms. The molecule has 0 radical (unpaired) electrons. The van der Waals surface area contributed by atoms with E-state index >= 15 is 0 Å². The van der Waals surface area contributed by atoms with E-state index in [9.17, 15) is 4.79 Å². The average molecular weight is 358 g/mol. The quantitative estimate of drug-likeness (QED) is 0.421. The first kappa shape index (κ1) is 15.7. The number of halogens is 1. The third kappa shape index (κ3) is 2.44. The molecule has 0 saturated carbocycles. The van der Waals surface area contributed by atoms with E-state index < -0.39 is 0 Å². The van der Waals surface area contributed by atoms with Crippen LogP contribution in [0.25, 0.3) is 21.8 Å². The number of benzene rings is 2. The van der Waals surface area contributed by atoms with Gasteiger partial charge >= 0.3 is 0 Å². The highest BCUT2D eigenvalue weighted by molar-refractivity contribution is 7.96. The van der Waals surface area contributed by atoms with Crippen molar-refractivity contribution in [3.63, 3.8) is 0 Å². The van der Waals surface area contributed by atoms with E-state index in [1.165, 1.54) is 0 Å². The lowest BCUT2D eigenvalue weighted by Gasteiger charge is -2.17. The van der Waals surface area contributed by atoms with Gasteiger partial charge in [0.2, 0.25) is 0 Å². The minimum absolute atomic E-state index is 0.0417. The summed E-state index contributed by atoms with van der Waals surface area (Å²) in [7, 11) is 0. The van der Waals surface area contributed by atoms with Crippen LogP contribution in [0.2, 0.25) is 5.02 Å². The number of pyridine rings is 1.